The fraction of sp³-hybridized carbons (Fsp3) is 0.0625. The lowest BCUT2D eigenvalue weighted by atomic mass is 10.1. The molecule has 0 radical (unpaired) electrons. The molecule has 3 rings (SSSR count). The minimum absolute atomic E-state index is 0.0314. The molecule has 6 heteroatoms. The molecule has 0 fully saturated rings. The maximum atomic E-state index is 12.0. The van der Waals surface area contributed by atoms with Crippen LogP contribution in [-0.2, 0) is 6.54 Å². The largest absolute Gasteiger partial charge is 0.504 e. The third kappa shape index (κ3) is 2.54. The molecule has 0 bridgehead atoms. The van der Waals surface area contributed by atoms with E-state index in [1.165, 1.54) is 0 Å². The summed E-state index contributed by atoms with van der Waals surface area (Å²) in [6.45, 7) is 0.163. The second-order valence-electron chi connectivity index (χ2n) is 4.80. The van der Waals surface area contributed by atoms with Gasteiger partial charge in [-0.15, -0.1) is 0 Å². The number of hydrogen-bond donors (Lipinski definition) is 4. The maximum absolute atomic E-state index is 12.0. The van der Waals surface area contributed by atoms with Crippen LogP contribution in [0.5, 0.6) is 17.2 Å². The van der Waals surface area contributed by atoms with Crippen LogP contribution in [0, 0.1) is 0 Å². The predicted molar refractivity (Wildman–Crippen MR) is 78.8 cm³/mol. The number of phenolic OH excluding ortho intramolecular Hbond substituents is 3. The van der Waals surface area contributed by atoms with Gasteiger partial charge in [0.05, 0.1) is 6.54 Å². The molecule has 0 saturated carbocycles. The minimum Gasteiger partial charge on any atom is -0.504 e. The van der Waals surface area contributed by atoms with Gasteiger partial charge in [0.2, 0.25) is 0 Å². The summed E-state index contributed by atoms with van der Waals surface area (Å²) < 4.78 is 5.57. The van der Waals surface area contributed by atoms with E-state index in [1.54, 1.807) is 0 Å². The first-order valence-corrected chi connectivity index (χ1v) is 6.55. The van der Waals surface area contributed by atoms with Gasteiger partial charge in [0.15, 0.2) is 17.2 Å². The van der Waals surface area contributed by atoms with Crippen molar-refractivity contribution in [2.45, 2.75) is 6.54 Å². The Morgan fingerprint density at radius 1 is 1.05 bits per heavy atom. The lowest BCUT2D eigenvalue weighted by Crippen LogP contribution is -2.22. The number of hydrogen-bond acceptors (Lipinski definition) is 5. The SMILES string of the molecule is O=C(NCc1cc2ccccc2o1)c1cc(O)c(O)c(O)c1. The van der Waals surface area contributed by atoms with Crippen molar-refractivity contribution in [1.82, 2.24) is 5.32 Å². The minimum atomic E-state index is -0.658. The van der Waals surface area contributed by atoms with Crippen molar-refractivity contribution in [3.63, 3.8) is 0 Å². The summed E-state index contributed by atoms with van der Waals surface area (Å²) in [6.07, 6.45) is 0. The van der Waals surface area contributed by atoms with E-state index in [0.29, 0.717) is 5.76 Å². The summed E-state index contributed by atoms with van der Waals surface area (Å²) in [6, 6.07) is 11.4. The van der Waals surface area contributed by atoms with E-state index in [-0.39, 0.29) is 12.1 Å². The topological polar surface area (TPSA) is 103 Å². The molecule has 1 aromatic heterocycles. The number of rotatable bonds is 3. The summed E-state index contributed by atoms with van der Waals surface area (Å²) in [5.74, 6) is -1.70. The fourth-order valence-electron chi connectivity index (χ4n) is 2.13. The Labute approximate surface area is 125 Å². The average Bonchev–Trinajstić information content (AvgIpc) is 2.92. The van der Waals surface area contributed by atoms with Crippen LogP contribution in [0.3, 0.4) is 0 Å². The number of carbonyl (C=O) groups is 1. The second-order valence-corrected chi connectivity index (χ2v) is 4.80. The monoisotopic (exact) mass is 299 g/mol. The molecule has 3 aromatic rings. The molecule has 0 atom stereocenters. The molecule has 0 unspecified atom stereocenters. The Kier molecular flexibility index (Phi) is 3.34. The Balaban J connectivity index is 1.74. The number of furan rings is 1. The van der Waals surface area contributed by atoms with Gasteiger partial charge in [-0.05, 0) is 24.3 Å². The number of fused-ring (bicyclic) bond motifs is 1. The first-order valence-electron chi connectivity index (χ1n) is 6.55. The van der Waals surface area contributed by atoms with E-state index in [1.807, 2.05) is 30.3 Å². The zero-order valence-corrected chi connectivity index (χ0v) is 11.4. The Bertz CT molecular complexity index is 797. The highest BCUT2D eigenvalue weighted by atomic mass is 16.3. The molecular weight excluding hydrogens is 286 g/mol. The Hall–Kier alpha value is -3.15. The normalized spacial score (nSPS) is 10.7. The van der Waals surface area contributed by atoms with Gasteiger partial charge in [-0.3, -0.25) is 4.79 Å². The van der Waals surface area contributed by atoms with E-state index in [4.69, 9.17) is 4.42 Å². The molecule has 0 aliphatic rings. The van der Waals surface area contributed by atoms with Crippen LogP contribution < -0.4 is 5.32 Å². The standard InChI is InChI=1S/C16H13NO5/c18-12-6-10(7-13(19)15(12)20)16(21)17-8-11-5-9-3-1-2-4-14(9)22-11/h1-7,18-20H,8H2,(H,17,21). The van der Waals surface area contributed by atoms with Crippen molar-refractivity contribution >= 4 is 16.9 Å². The Morgan fingerprint density at radius 3 is 2.41 bits per heavy atom. The smallest absolute Gasteiger partial charge is 0.251 e. The highest BCUT2D eigenvalue weighted by Crippen LogP contribution is 2.35. The van der Waals surface area contributed by atoms with E-state index in [0.717, 1.165) is 23.1 Å². The van der Waals surface area contributed by atoms with Crippen LogP contribution in [0.25, 0.3) is 11.0 Å². The number of amides is 1. The highest BCUT2D eigenvalue weighted by molar-refractivity contribution is 5.95. The van der Waals surface area contributed by atoms with Crippen LogP contribution in [0.15, 0.2) is 46.9 Å². The van der Waals surface area contributed by atoms with Crippen molar-refractivity contribution in [2.75, 3.05) is 0 Å². The summed E-state index contributed by atoms with van der Waals surface area (Å²) in [5.41, 5.74) is 0.760. The molecule has 0 saturated heterocycles. The van der Waals surface area contributed by atoms with Crippen molar-refractivity contribution in [2.24, 2.45) is 0 Å². The molecule has 22 heavy (non-hydrogen) atoms. The second kappa shape index (κ2) is 5.33. The van der Waals surface area contributed by atoms with E-state index in [2.05, 4.69) is 5.32 Å². The average molecular weight is 299 g/mol. The predicted octanol–water partition coefficient (Wildman–Crippen LogP) is 2.48. The van der Waals surface area contributed by atoms with Crippen molar-refractivity contribution in [3.8, 4) is 17.2 Å². The molecule has 0 aliphatic heterocycles. The maximum Gasteiger partial charge on any atom is 0.251 e. The molecule has 0 aliphatic carbocycles. The number of carbonyl (C=O) groups excluding carboxylic acids is 1. The van der Waals surface area contributed by atoms with Gasteiger partial charge < -0.3 is 25.1 Å². The fourth-order valence-corrected chi connectivity index (χ4v) is 2.13. The zero-order valence-electron chi connectivity index (χ0n) is 11.4. The first-order chi connectivity index (χ1) is 10.5. The molecule has 4 N–H and O–H groups in total. The molecule has 1 amide bonds. The van der Waals surface area contributed by atoms with Gasteiger partial charge >= 0.3 is 0 Å². The van der Waals surface area contributed by atoms with Crippen molar-refractivity contribution < 1.29 is 24.5 Å². The van der Waals surface area contributed by atoms with Gasteiger partial charge in [-0.1, -0.05) is 18.2 Å². The van der Waals surface area contributed by atoms with Gasteiger partial charge in [-0.25, -0.2) is 0 Å². The van der Waals surface area contributed by atoms with Crippen LogP contribution in [0.2, 0.25) is 0 Å². The summed E-state index contributed by atoms with van der Waals surface area (Å²) in [5, 5.41) is 31.6. The number of nitrogens with one attached hydrogen (secondary N) is 1. The molecule has 2 aromatic carbocycles. The van der Waals surface area contributed by atoms with Crippen molar-refractivity contribution in [1.29, 1.82) is 0 Å². The van der Waals surface area contributed by atoms with Gasteiger partial charge in [-0.2, -0.15) is 0 Å². The lowest BCUT2D eigenvalue weighted by molar-refractivity contribution is 0.0947. The summed E-state index contributed by atoms with van der Waals surface area (Å²) in [4.78, 5) is 12.0. The number of para-hydroxylation sites is 1. The number of aromatic hydroxyl groups is 3. The van der Waals surface area contributed by atoms with Gasteiger partial charge in [0.1, 0.15) is 11.3 Å². The van der Waals surface area contributed by atoms with E-state index >= 15 is 0 Å². The Morgan fingerprint density at radius 2 is 1.73 bits per heavy atom. The quantitative estimate of drug-likeness (QED) is 0.556. The first kappa shape index (κ1) is 13.8. The number of phenols is 3. The van der Waals surface area contributed by atoms with Crippen LogP contribution in [-0.4, -0.2) is 21.2 Å². The van der Waals surface area contributed by atoms with Crippen molar-refractivity contribution in [3.05, 3.63) is 53.8 Å². The van der Waals surface area contributed by atoms with Crippen LogP contribution in [0.1, 0.15) is 16.1 Å². The zero-order chi connectivity index (χ0) is 15.7. The lowest BCUT2D eigenvalue weighted by Gasteiger charge is -2.06. The van der Waals surface area contributed by atoms with Gasteiger partial charge in [0, 0.05) is 10.9 Å². The molecule has 0 spiro atoms. The molecule has 6 nitrogen and oxygen atoms in total. The van der Waals surface area contributed by atoms with E-state index < -0.39 is 23.2 Å². The van der Waals surface area contributed by atoms with Gasteiger partial charge in [0.25, 0.3) is 5.91 Å². The van der Waals surface area contributed by atoms with Crippen LogP contribution >= 0.6 is 0 Å². The number of benzene rings is 2. The molecular formula is C16H13NO5. The van der Waals surface area contributed by atoms with E-state index in [9.17, 15) is 20.1 Å². The molecule has 1 heterocycles. The van der Waals surface area contributed by atoms with Crippen LogP contribution in [0.4, 0.5) is 0 Å². The third-order valence-electron chi connectivity index (χ3n) is 3.23. The molecule has 112 valence electrons. The summed E-state index contributed by atoms with van der Waals surface area (Å²) in [7, 11) is 0. The highest BCUT2D eigenvalue weighted by Gasteiger charge is 2.14. The summed E-state index contributed by atoms with van der Waals surface area (Å²) >= 11 is 0. The third-order valence-corrected chi connectivity index (χ3v) is 3.23.